The second-order valence-corrected chi connectivity index (χ2v) is 9.93. The number of benzene rings is 1. The fourth-order valence-corrected chi connectivity index (χ4v) is 5.80. The zero-order chi connectivity index (χ0) is 21.7. The highest BCUT2D eigenvalue weighted by Gasteiger charge is 2.23. The van der Waals surface area contributed by atoms with Crippen molar-refractivity contribution in [2.24, 2.45) is 17.8 Å². The van der Waals surface area contributed by atoms with E-state index in [0.29, 0.717) is 5.92 Å². The minimum atomic E-state index is -0.121. The molecule has 0 radical (unpaired) electrons. The van der Waals surface area contributed by atoms with Gasteiger partial charge < -0.3 is 0 Å². The third-order valence-corrected chi connectivity index (χ3v) is 7.79. The molecule has 2 aliphatic rings. The van der Waals surface area contributed by atoms with E-state index >= 15 is 0 Å². The first-order chi connectivity index (χ1) is 15.2. The molecule has 0 bridgehead atoms. The van der Waals surface area contributed by atoms with Crippen molar-refractivity contribution in [3.05, 3.63) is 60.0 Å². The number of halogens is 1. The Hall–Kier alpha value is -1.88. The van der Waals surface area contributed by atoms with E-state index in [1.807, 2.05) is 30.4 Å². The van der Waals surface area contributed by atoms with Gasteiger partial charge in [0.1, 0.15) is 5.82 Å². The SMILES string of the molecule is N#C/C=C/C=C/CC[C@H]1CC[C@H](CCCC[C@H]2CC[C@H](c3ccc(F)cc3)CC2)CC1. The molecule has 1 aromatic rings. The quantitative estimate of drug-likeness (QED) is 0.210. The summed E-state index contributed by atoms with van der Waals surface area (Å²) in [7, 11) is 0. The molecule has 31 heavy (non-hydrogen) atoms. The predicted octanol–water partition coefficient (Wildman–Crippen LogP) is 8.88. The smallest absolute Gasteiger partial charge is 0.123 e. The topological polar surface area (TPSA) is 23.8 Å². The number of unbranched alkanes of at least 4 members (excludes halogenated alkanes) is 1. The number of nitrogens with zero attached hydrogens (tertiary/aromatic N) is 1. The van der Waals surface area contributed by atoms with Crippen molar-refractivity contribution in [1.82, 2.24) is 0 Å². The van der Waals surface area contributed by atoms with Crippen LogP contribution in [0.1, 0.15) is 101 Å². The molecule has 2 fully saturated rings. The molecule has 168 valence electrons. The summed E-state index contributed by atoms with van der Waals surface area (Å²) in [4.78, 5) is 0. The predicted molar refractivity (Wildman–Crippen MR) is 128 cm³/mol. The Balaban J connectivity index is 1.21. The Bertz CT molecular complexity index is 710. The molecule has 0 N–H and O–H groups in total. The van der Waals surface area contributed by atoms with Crippen LogP contribution in [0.15, 0.2) is 48.6 Å². The fraction of sp³-hybridized carbons (Fsp3) is 0.621. The monoisotopic (exact) mass is 421 g/mol. The molecule has 1 nitrogen and oxygen atoms in total. The molecule has 0 unspecified atom stereocenters. The zero-order valence-electron chi connectivity index (χ0n) is 19.2. The molecule has 2 saturated carbocycles. The van der Waals surface area contributed by atoms with E-state index in [1.54, 1.807) is 12.1 Å². The van der Waals surface area contributed by atoms with Crippen LogP contribution in [0.3, 0.4) is 0 Å². The van der Waals surface area contributed by atoms with Gasteiger partial charge in [-0.2, -0.15) is 5.26 Å². The molecule has 0 spiro atoms. The van der Waals surface area contributed by atoms with Gasteiger partial charge in [0, 0.05) is 6.08 Å². The van der Waals surface area contributed by atoms with Crippen LogP contribution in [0.4, 0.5) is 4.39 Å². The average molecular weight is 422 g/mol. The van der Waals surface area contributed by atoms with Crippen molar-refractivity contribution in [1.29, 1.82) is 5.26 Å². The summed E-state index contributed by atoms with van der Waals surface area (Å²) < 4.78 is 13.1. The van der Waals surface area contributed by atoms with Crippen LogP contribution >= 0.6 is 0 Å². The maximum atomic E-state index is 13.1. The molecule has 0 atom stereocenters. The number of hydrogen-bond donors (Lipinski definition) is 0. The number of allylic oxidation sites excluding steroid dienone is 4. The summed E-state index contributed by atoms with van der Waals surface area (Å²) in [6.07, 6.45) is 26.7. The molecule has 2 heteroatoms. The second-order valence-electron chi connectivity index (χ2n) is 9.93. The Morgan fingerprint density at radius 2 is 1.32 bits per heavy atom. The lowest BCUT2D eigenvalue weighted by atomic mass is 9.76. The van der Waals surface area contributed by atoms with Crippen LogP contribution in [-0.4, -0.2) is 0 Å². The van der Waals surface area contributed by atoms with Crippen LogP contribution in [0.2, 0.25) is 0 Å². The highest BCUT2D eigenvalue weighted by atomic mass is 19.1. The standard InChI is InChI=1S/C29H40FN/c30-29-21-19-28(20-22-29)27-17-15-26(16-18-27)10-6-5-9-25-13-11-24(12-14-25)8-4-2-1-3-7-23-31/h1-3,7,19-22,24-27H,4-6,8-18H2/b2-1+,7-3+/t24-,25-,26-,27-. The van der Waals surface area contributed by atoms with Gasteiger partial charge in [0.25, 0.3) is 0 Å². The summed E-state index contributed by atoms with van der Waals surface area (Å²) in [6.45, 7) is 0. The van der Waals surface area contributed by atoms with Crippen molar-refractivity contribution in [2.45, 2.75) is 95.8 Å². The molecule has 0 amide bonds. The van der Waals surface area contributed by atoms with Crippen LogP contribution < -0.4 is 0 Å². The van der Waals surface area contributed by atoms with Gasteiger partial charge in [0.2, 0.25) is 0 Å². The van der Waals surface area contributed by atoms with E-state index < -0.39 is 0 Å². The van der Waals surface area contributed by atoms with E-state index in [4.69, 9.17) is 5.26 Å². The largest absolute Gasteiger partial charge is 0.207 e. The lowest BCUT2D eigenvalue weighted by molar-refractivity contribution is 0.244. The van der Waals surface area contributed by atoms with Crippen molar-refractivity contribution in [3.8, 4) is 6.07 Å². The first-order valence-corrected chi connectivity index (χ1v) is 12.7. The Labute approximate surface area is 189 Å². The molecule has 0 heterocycles. The van der Waals surface area contributed by atoms with Crippen LogP contribution in [-0.2, 0) is 0 Å². The van der Waals surface area contributed by atoms with E-state index in [9.17, 15) is 4.39 Å². The van der Waals surface area contributed by atoms with Gasteiger partial charge in [-0.3, -0.25) is 0 Å². The van der Waals surface area contributed by atoms with Crippen molar-refractivity contribution in [3.63, 3.8) is 0 Å². The number of hydrogen-bond acceptors (Lipinski definition) is 1. The lowest BCUT2D eigenvalue weighted by Crippen LogP contribution is -2.15. The molecule has 0 aromatic heterocycles. The summed E-state index contributed by atoms with van der Waals surface area (Å²) in [5.41, 5.74) is 1.34. The summed E-state index contributed by atoms with van der Waals surface area (Å²) >= 11 is 0. The van der Waals surface area contributed by atoms with E-state index in [0.717, 1.165) is 24.2 Å². The summed E-state index contributed by atoms with van der Waals surface area (Å²) in [5, 5.41) is 8.47. The van der Waals surface area contributed by atoms with Gasteiger partial charge in [-0.1, -0.05) is 81.7 Å². The highest BCUT2D eigenvalue weighted by molar-refractivity contribution is 5.20. The Morgan fingerprint density at radius 1 is 0.774 bits per heavy atom. The molecule has 1 aromatic carbocycles. The van der Waals surface area contributed by atoms with Gasteiger partial charge >= 0.3 is 0 Å². The van der Waals surface area contributed by atoms with Crippen molar-refractivity contribution < 1.29 is 4.39 Å². The average Bonchev–Trinajstić information content (AvgIpc) is 2.81. The maximum absolute atomic E-state index is 13.1. The van der Waals surface area contributed by atoms with E-state index in [1.165, 1.54) is 95.1 Å². The van der Waals surface area contributed by atoms with Gasteiger partial charge in [0.15, 0.2) is 0 Å². The Kier molecular flexibility index (Phi) is 10.4. The van der Waals surface area contributed by atoms with Gasteiger partial charge in [0.05, 0.1) is 6.07 Å². The second kappa shape index (κ2) is 13.5. The normalized spacial score (nSPS) is 27.0. The zero-order valence-corrected chi connectivity index (χ0v) is 19.2. The lowest BCUT2D eigenvalue weighted by Gasteiger charge is -2.30. The third-order valence-electron chi connectivity index (χ3n) is 7.79. The van der Waals surface area contributed by atoms with E-state index in [2.05, 4.69) is 6.08 Å². The van der Waals surface area contributed by atoms with Crippen molar-refractivity contribution >= 4 is 0 Å². The van der Waals surface area contributed by atoms with Crippen molar-refractivity contribution in [2.75, 3.05) is 0 Å². The van der Waals surface area contributed by atoms with Gasteiger partial charge in [-0.25, -0.2) is 4.39 Å². The maximum Gasteiger partial charge on any atom is 0.123 e. The van der Waals surface area contributed by atoms with Crippen LogP contribution in [0, 0.1) is 34.9 Å². The summed E-state index contributed by atoms with van der Waals surface area (Å²) in [5.74, 6) is 3.33. The first kappa shape index (κ1) is 23.8. The molecule has 2 aliphatic carbocycles. The van der Waals surface area contributed by atoms with E-state index in [-0.39, 0.29) is 5.82 Å². The fourth-order valence-electron chi connectivity index (χ4n) is 5.80. The van der Waals surface area contributed by atoms with Gasteiger partial charge in [-0.05, 0) is 79.9 Å². The first-order valence-electron chi connectivity index (χ1n) is 12.7. The minimum Gasteiger partial charge on any atom is -0.207 e. The number of rotatable bonds is 10. The third kappa shape index (κ3) is 8.64. The number of nitriles is 1. The van der Waals surface area contributed by atoms with Crippen LogP contribution in [0.5, 0.6) is 0 Å². The molecular weight excluding hydrogens is 381 g/mol. The molecular formula is C29H40FN. The molecule has 0 aliphatic heterocycles. The summed E-state index contributed by atoms with van der Waals surface area (Å²) in [6, 6.07) is 9.22. The molecule has 0 saturated heterocycles. The van der Waals surface area contributed by atoms with Gasteiger partial charge in [-0.15, -0.1) is 0 Å². The minimum absolute atomic E-state index is 0.121. The Morgan fingerprint density at radius 3 is 1.90 bits per heavy atom. The van der Waals surface area contributed by atoms with Crippen LogP contribution in [0.25, 0.3) is 0 Å². The highest BCUT2D eigenvalue weighted by Crippen LogP contribution is 2.38. The molecule has 3 rings (SSSR count).